The number of nitriles is 1. The quantitative estimate of drug-likeness (QED) is 0.715. The molecule has 1 N–H and O–H groups in total. The van der Waals surface area contributed by atoms with E-state index >= 15 is 0 Å². The molecule has 0 amide bonds. The van der Waals surface area contributed by atoms with Crippen molar-refractivity contribution in [3.05, 3.63) is 52.1 Å². The van der Waals surface area contributed by atoms with E-state index in [9.17, 15) is 0 Å². The lowest BCUT2D eigenvalue weighted by Gasteiger charge is -2.10. The maximum atomic E-state index is 9.02. The summed E-state index contributed by atoms with van der Waals surface area (Å²) in [5, 5.41) is 11.1. The third-order valence-corrected chi connectivity index (χ3v) is 3.95. The molecule has 0 aliphatic heterocycles. The van der Waals surface area contributed by atoms with E-state index in [1.54, 1.807) is 13.2 Å². The Labute approximate surface area is 138 Å². The van der Waals surface area contributed by atoms with Crippen molar-refractivity contribution < 1.29 is 4.74 Å². The Hall–Kier alpha value is -2.15. The highest BCUT2D eigenvalue weighted by Crippen LogP contribution is 2.37. The average Bonchev–Trinajstić information content (AvgIpc) is 2.89. The van der Waals surface area contributed by atoms with Gasteiger partial charge in [0, 0.05) is 27.7 Å². The number of halogens is 2. The minimum absolute atomic E-state index is 0.327. The molecule has 0 unspecified atom stereocenters. The van der Waals surface area contributed by atoms with E-state index in [4.69, 9.17) is 33.2 Å². The van der Waals surface area contributed by atoms with Gasteiger partial charge in [0.15, 0.2) is 0 Å². The first kappa shape index (κ1) is 14.8. The monoisotopic (exact) mass is 330 g/mol. The molecule has 3 aromatic rings. The zero-order valence-electron chi connectivity index (χ0n) is 11.8. The summed E-state index contributed by atoms with van der Waals surface area (Å²) in [7, 11) is 1.62. The lowest BCUT2D eigenvalue weighted by atomic mass is 9.98. The molecule has 0 aliphatic carbocycles. The summed E-state index contributed by atoms with van der Waals surface area (Å²) in [6.07, 6.45) is 2.18. The second-order valence-electron chi connectivity index (χ2n) is 4.90. The van der Waals surface area contributed by atoms with Crippen LogP contribution in [-0.4, -0.2) is 12.1 Å². The third-order valence-electron chi connectivity index (χ3n) is 3.51. The number of nitrogens with zero attached hydrogens (tertiary/aromatic N) is 1. The number of rotatable bonds is 3. The molecule has 1 heterocycles. The first-order chi connectivity index (χ1) is 10.6. The maximum Gasteiger partial charge on any atom is 0.121 e. The number of aromatic amines is 1. The number of H-pyrrole nitrogens is 1. The fourth-order valence-electron chi connectivity index (χ4n) is 2.59. The van der Waals surface area contributed by atoms with Gasteiger partial charge in [0.1, 0.15) is 5.75 Å². The van der Waals surface area contributed by atoms with Crippen molar-refractivity contribution in [3.63, 3.8) is 0 Å². The summed E-state index contributed by atoms with van der Waals surface area (Å²) in [5.74, 6) is 0.726. The van der Waals surface area contributed by atoms with E-state index in [2.05, 4.69) is 11.1 Å². The van der Waals surface area contributed by atoms with Gasteiger partial charge in [-0.05, 0) is 41.0 Å². The number of hydrogen-bond acceptors (Lipinski definition) is 2. The molecule has 22 heavy (non-hydrogen) atoms. The van der Waals surface area contributed by atoms with Crippen molar-refractivity contribution in [2.24, 2.45) is 0 Å². The van der Waals surface area contributed by atoms with Crippen LogP contribution in [0.3, 0.4) is 0 Å². The number of fused-ring (bicyclic) bond motifs is 1. The summed E-state index contributed by atoms with van der Waals surface area (Å²) in [6, 6.07) is 11.4. The summed E-state index contributed by atoms with van der Waals surface area (Å²) in [4.78, 5) is 3.19. The number of hydrogen-bond donors (Lipinski definition) is 1. The standard InChI is InChI=1S/C17H12Cl2N2O/c1-22-14-7-15(11-4-12(18)6-13(19)5-11)17-10(2-3-20)9-21-16(17)8-14/h4-9,21H,2H2,1H3. The number of methoxy groups -OCH3 is 1. The maximum absolute atomic E-state index is 9.02. The van der Waals surface area contributed by atoms with E-state index < -0.39 is 0 Å². The van der Waals surface area contributed by atoms with Crippen LogP contribution >= 0.6 is 23.2 Å². The van der Waals surface area contributed by atoms with Crippen molar-refractivity contribution in [1.82, 2.24) is 4.98 Å². The van der Waals surface area contributed by atoms with Crippen LogP contribution in [0.5, 0.6) is 5.75 Å². The van der Waals surface area contributed by atoms with Crippen molar-refractivity contribution in [3.8, 4) is 22.9 Å². The zero-order valence-corrected chi connectivity index (χ0v) is 13.3. The van der Waals surface area contributed by atoms with E-state index in [1.165, 1.54) is 0 Å². The van der Waals surface area contributed by atoms with Crippen molar-refractivity contribution in [2.75, 3.05) is 7.11 Å². The highest BCUT2D eigenvalue weighted by molar-refractivity contribution is 6.35. The molecule has 0 fully saturated rings. The summed E-state index contributed by atoms with van der Waals surface area (Å²) < 4.78 is 5.36. The van der Waals surface area contributed by atoms with Gasteiger partial charge in [-0.2, -0.15) is 5.26 Å². The van der Waals surface area contributed by atoms with Gasteiger partial charge in [0.25, 0.3) is 0 Å². The predicted molar refractivity (Wildman–Crippen MR) is 89.6 cm³/mol. The Balaban J connectivity index is 2.34. The topological polar surface area (TPSA) is 48.8 Å². The smallest absolute Gasteiger partial charge is 0.121 e. The van der Waals surface area contributed by atoms with E-state index in [-0.39, 0.29) is 0 Å². The molecule has 0 bridgehead atoms. The largest absolute Gasteiger partial charge is 0.497 e. The van der Waals surface area contributed by atoms with E-state index in [1.807, 2.05) is 30.5 Å². The minimum Gasteiger partial charge on any atom is -0.497 e. The molecular formula is C17H12Cl2N2O. The van der Waals surface area contributed by atoms with Crippen LogP contribution in [0.2, 0.25) is 10.0 Å². The van der Waals surface area contributed by atoms with Gasteiger partial charge < -0.3 is 9.72 Å². The van der Waals surface area contributed by atoms with Crippen LogP contribution in [0.4, 0.5) is 0 Å². The molecule has 0 saturated heterocycles. The van der Waals surface area contributed by atoms with Gasteiger partial charge in [0.2, 0.25) is 0 Å². The molecular weight excluding hydrogens is 319 g/mol. The van der Waals surface area contributed by atoms with Crippen molar-refractivity contribution >= 4 is 34.1 Å². The molecule has 5 heteroatoms. The van der Waals surface area contributed by atoms with E-state index in [0.717, 1.165) is 33.3 Å². The van der Waals surface area contributed by atoms with Crippen LogP contribution in [0, 0.1) is 11.3 Å². The third kappa shape index (κ3) is 2.64. The highest BCUT2D eigenvalue weighted by atomic mass is 35.5. The van der Waals surface area contributed by atoms with Gasteiger partial charge in [0.05, 0.1) is 25.1 Å². The van der Waals surface area contributed by atoms with Gasteiger partial charge in [-0.25, -0.2) is 0 Å². The minimum atomic E-state index is 0.327. The Morgan fingerprint density at radius 3 is 2.50 bits per heavy atom. The molecule has 0 spiro atoms. The van der Waals surface area contributed by atoms with Crippen LogP contribution < -0.4 is 4.74 Å². The van der Waals surface area contributed by atoms with Crippen molar-refractivity contribution in [1.29, 1.82) is 5.26 Å². The second kappa shape index (κ2) is 5.92. The zero-order chi connectivity index (χ0) is 15.7. The normalized spacial score (nSPS) is 10.6. The molecule has 3 nitrogen and oxygen atoms in total. The molecule has 3 rings (SSSR count). The molecule has 1 aromatic heterocycles. The summed E-state index contributed by atoms with van der Waals surface area (Å²) in [5.41, 5.74) is 3.67. The van der Waals surface area contributed by atoms with Crippen LogP contribution in [0.15, 0.2) is 36.5 Å². The molecule has 0 radical (unpaired) electrons. The molecule has 110 valence electrons. The SMILES string of the molecule is COc1cc(-c2cc(Cl)cc(Cl)c2)c2c(CC#N)c[nH]c2c1. The molecule has 2 aromatic carbocycles. The first-order valence-electron chi connectivity index (χ1n) is 6.64. The summed E-state index contributed by atoms with van der Waals surface area (Å²) >= 11 is 12.2. The predicted octanol–water partition coefficient (Wildman–Crippen LogP) is 5.22. The number of benzene rings is 2. The van der Waals surface area contributed by atoms with Gasteiger partial charge in [-0.15, -0.1) is 0 Å². The lowest BCUT2D eigenvalue weighted by Crippen LogP contribution is -1.88. The van der Waals surface area contributed by atoms with Gasteiger partial charge >= 0.3 is 0 Å². The van der Waals surface area contributed by atoms with Crippen LogP contribution in [0.1, 0.15) is 5.56 Å². The highest BCUT2D eigenvalue weighted by Gasteiger charge is 2.13. The Morgan fingerprint density at radius 2 is 1.86 bits per heavy atom. The fourth-order valence-corrected chi connectivity index (χ4v) is 3.12. The van der Waals surface area contributed by atoms with Gasteiger partial charge in [-0.3, -0.25) is 0 Å². The molecule has 0 atom stereocenters. The number of ether oxygens (including phenoxy) is 1. The Bertz CT molecular complexity index is 873. The number of nitrogens with one attached hydrogen (secondary N) is 1. The van der Waals surface area contributed by atoms with Crippen molar-refractivity contribution in [2.45, 2.75) is 6.42 Å². The summed E-state index contributed by atoms with van der Waals surface area (Å²) in [6.45, 7) is 0. The molecule has 0 aliphatic rings. The Kier molecular flexibility index (Phi) is 3.98. The Morgan fingerprint density at radius 1 is 1.14 bits per heavy atom. The number of aromatic nitrogens is 1. The van der Waals surface area contributed by atoms with Gasteiger partial charge in [-0.1, -0.05) is 23.2 Å². The lowest BCUT2D eigenvalue weighted by molar-refractivity contribution is 0.415. The molecule has 0 saturated carbocycles. The van der Waals surface area contributed by atoms with Crippen LogP contribution in [0.25, 0.3) is 22.0 Å². The first-order valence-corrected chi connectivity index (χ1v) is 7.39. The average molecular weight is 331 g/mol. The second-order valence-corrected chi connectivity index (χ2v) is 5.78. The van der Waals surface area contributed by atoms with E-state index in [0.29, 0.717) is 16.5 Å². The fraction of sp³-hybridized carbons (Fsp3) is 0.118. The van der Waals surface area contributed by atoms with Crippen LogP contribution in [-0.2, 0) is 6.42 Å².